The molecule has 1 heteroatoms. The summed E-state index contributed by atoms with van der Waals surface area (Å²) in [6.07, 6.45) is 3.48. The summed E-state index contributed by atoms with van der Waals surface area (Å²) in [5.41, 5.74) is 0.975. The van der Waals surface area contributed by atoms with Gasteiger partial charge in [-0.05, 0) is 30.0 Å². The molecule has 1 aromatic rings. The van der Waals surface area contributed by atoms with Crippen LogP contribution in [0.4, 0.5) is 0 Å². The predicted octanol–water partition coefficient (Wildman–Crippen LogP) is 2.84. The van der Waals surface area contributed by atoms with Gasteiger partial charge in [-0.1, -0.05) is 36.1 Å². The van der Waals surface area contributed by atoms with Crippen molar-refractivity contribution in [3.63, 3.8) is 0 Å². The molecular formula is C13H9Cl. The van der Waals surface area contributed by atoms with Crippen LogP contribution in [0.25, 0.3) is 0 Å². The average molecular weight is 201 g/mol. The Morgan fingerprint density at radius 1 is 1.14 bits per heavy atom. The molecule has 0 nitrogen and oxygen atoms in total. The van der Waals surface area contributed by atoms with Crippen molar-refractivity contribution < 1.29 is 0 Å². The molecule has 0 N–H and O–H groups in total. The molecule has 0 spiro atoms. The first-order valence-electron chi connectivity index (χ1n) is 4.21. The van der Waals surface area contributed by atoms with Gasteiger partial charge in [-0.2, -0.15) is 0 Å². The molecule has 0 aliphatic heterocycles. The van der Waals surface area contributed by atoms with Crippen molar-refractivity contribution in [2.24, 2.45) is 0 Å². The third-order valence-corrected chi connectivity index (χ3v) is 1.58. The summed E-state index contributed by atoms with van der Waals surface area (Å²) in [5, 5.41) is 0. The van der Waals surface area contributed by atoms with Crippen molar-refractivity contribution in [1.82, 2.24) is 0 Å². The standard InChI is InChI=1S/C13H9Cl/c14-12-8-3-1-2-5-9-13-10-6-4-7-11-13/h3-4,6-8,10-11H,12H2/b8-3+. The van der Waals surface area contributed by atoms with Crippen LogP contribution in [-0.4, -0.2) is 5.88 Å². The van der Waals surface area contributed by atoms with Crippen LogP contribution in [0, 0.1) is 23.7 Å². The summed E-state index contributed by atoms with van der Waals surface area (Å²) in [4.78, 5) is 0. The van der Waals surface area contributed by atoms with Gasteiger partial charge in [0.25, 0.3) is 0 Å². The van der Waals surface area contributed by atoms with E-state index >= 15 is 0 Å². The fraction of sp³-hybridized carbons (Fsp3) is 0.0769. The Labute approximate surface area is 89.6 Å². The Morgan fingerprint density at radius 3 is 2.64 bits per heavy atom. The van der Waals surface area contributed by atoms with Crippen LogP contribution in [0.15, 0.2) is 42.5 Å². The van der Waals surface area contributed by atoms with E-state index in [-0.39, 0.29) is 0 Å². The lowest BCUT2D eigenvalue weighted by Gasteiger charge is -1.83. The first kappa shape index (κ1) is 10.5. The van der Waals surface area contributed by atoms with Gasteiger partial charge in [-0.25, -0.2) is 0 Å². The molecule has 0 aromatic heterocycles. The van der Waals surface area contributed by atoms with E-state index in [1.165, 1.54) is 0 Å². The topological polar surface area (TPSA) is 0 Å². The van der Waals surface area contributed by atoms with Crippen molar-refractivity contribution in [1.29, 1.82) is 0 Å². The maximum atomic E-state index is 5.42. The molecule has 14 heavy (non-hydrogen) atoms. The molecular weight excluding hydrogens is 192 g/mol. The number of rotatable bonds is 1. The minimum atomic E-state index is 0.487. The molecule has 0 atom stereocenters. The molecule has 1 aromatic carbocycles. The Hall–Kier alpha value is -1.63. The minimum Gasteiger partial charge on any atom is -0.122 e. The number of halogens is 1. The van der Waals surface area contributed by atoms with Crippen molar-refractivity contribution in [2.75, 3.05) is 5.88 Å². The zero-order valence-electron chi connectivity index (χ0n) is 7.63. The summed E-state index contributed by atoms with van der Waals surface area (Å²) in [7, 11) is 0. The zero-order valence-corrected chi connectivity index (χ0v) is 8.38. The molecule has 0 amide bonds. The Morgan fingerprint density at radius 2 is 1.93 bits per heavy atom. The van der Waals surface area contributed by atoms with E-state index in [1.54, 1.807) is 12.2 Å². The highest BCUT2D eigenvalue weighted by Crippen LogP contribution is 1.93. The van der Waals surface area contributed by atoms with Gasteiger partial charge in [0.1, 0.15) is 0 Å². The maximum Gasteiger partial charge on any atom is 0.0413 e. The molecule has 0 bridgehead atoms. The predicted molar refractivity (Wildman–Crippen MR) is 61.0 cm³/mol. The van der Waals surface area contributed by atoms with E-state index in [0.29, 0.717) is 5.88 Å². The highest BCUT2D eigenvalue weighted by Gasteiger charge is 1.78. The summed E-state index contributed by atoms with van der Waals surface area (Å²) >= 11 is 5.42. The van der Waals surface area contributed by atoms with Crippen LogP contribution in [0.1, 0.15) is 5.56 Å². The van der Waals surface area contributed by atoms with Crippen LogP contribution in [-0.2, 0) is 0 Å². The summed E-state index contributed by atoms with van der Waals surface area (Å²) < 4.78 is 0. The number of benzene rings is 1. The van der Waals surface area contributed by atoms with Crippen LogP contribution in [0.2, 0.25) is 0 Å². The Balaban J connectivity index is 2.56. The van der Waals surface area contributed by atoms with Gasteiger partial charge < -0.3 is 0 Å². The molecule has 0 radical (unpaired) electrons. The quantitative estimate of drug-likeness (QED) is 0.483. The Kier molecular flexibility index (Phi) is 5.11. The molecule has 0 aliphatic rings. The van der Waals surface area contributed by atoms with Crippen LogP contribution in [0.3, 0.4) is 0 Å². The first-order valence-corrected chi connectivity index (χ1v) is 4.74. The largest absolute Gasteiger partial charge is 0.122 e. The van der Waals surface area contributed by atoms with Gasteiger partial charge in [0, 0.05) is 11.4 Å². The molecule has 0 heterocycles. The molecule has 0 fully saturated rings. The number of alkyl halides is 1. The average Bonchev–Trinajstić information content (AvgIpc) is 2.25. The lowest BCUT2D eigenvalue weighted by atomic mass is 10.2. The van der Waals surface area contributed by atoms with Gasteiger partial charge in [0.05, 0.1) is 0 Å². The highest BCUT2D eigenvalue weighted by atomic mass is 35.5. The fourth-order valence-electron chi connectivity index (χ4n) is 0.806. The van der Waals surface area contributed by atoms with E-state index < -0.39 is 0 Å². The fourth-order valence-corrected chi connectivity index (χ4v) is 0.895. The molecule has 0 saturated heterocycles. The second-order valence-electron chi connectivity index (χ2n) is 2.44. The molecule has 1 rings (SSSR count). The normalized spacial score (nSPS) is 8.64. The second kappa shape index (κ2) is 6.84. The van der Waals surface area contributed by atoms with Crippen molar-refractivity contribution >= 4 is 11.6 Å². The third kappa shape index (κ3) is 4.41. The third-order valence-electron chi connectivity index (χ3n) is 1.41. The number of hydrogen-bond donors (Lipinski definition) is 0. The number of allylic oxidation sites excluding steroid dienone is 2. The molecule has 0 aliphatic carbocycles. The van der Waals surface area contributed by atoms with Gasteiger partial charge in [0.15, 0.2) is 0 Å². The minimum absolute atomic E-state index is 0.487. The highest BCUT2D eigenvalue weighted by molar-refractivity contribution is 6.18. The van der Waals surface area contributed by atoms with Crippen molar-refractivity contribution in [3.8, 4) is 23.7 Å². The van der Waals surface area contributed by atoms with Crippen LogP contribution in [0.5, 0.6) is 0 Å². The zero-order chi connectivity index (χ0) is 10.1. The van der Waals surface area contributed by atoms with Gasteiger partial charge in [0.2, 0.25) is 0 Å². The van der Waals surface area contributed by atoms with Crippen LogP contribution < -0.4 is 0 Å². The summed E-state index contributed by atoms with van der Waals surface area (Å²) in [6, 6.07) is 9.75. The first-order chi connectivity index (χ1) is 6.93. The summed E-state index contributed by atoms with van der Waals surface area (Å²) in [5.74, 6) is 11.7. The van der Waals surface area contributed by atoms with Crippen molar-refractivity contribution in [3.05, 3.63) is 48.0 Å². The van der Waals surface area contributed by atoms with Gasteiger partial charge >= 0.3 is 0 Å². The van der Waals surface area contributed by atoms with E-state index in [9.17, 15) is 0 Å². The van der Waals surface area contributed by atoms with E-state index in [4.69, 9.17) is 11.6 Å². The van der Waals surface area contributed by atoms with Gasteiger partial charge in [-0.3, -0.25) is 0 Å². The van der Waals surface area contributed by atoms with Crippen molar-refractivity contribution in [2.45, 2.75) is 0 Å². The lowest BCUT2D eigenvalue weighted by Crippen LogP contribution is -1.68. The van der Waals surface area contributed by atoms with E-state index in [0.717, 1.165) is 5.56 Å². The summed E-state index contributed by atoms with van der Waals surface area (Å²) in [6.45, 7) is 0. The smallest absolute Gasteiger partial charge is 0.0413 e. The second-order valence-corrected chi connectivity index (χ2v) is 2.75. The van der Waals surface area contributed by atoms with E-state index in [2.05, 4.69) is 23.7 Å². The maximum absolute atomic E-state index is 5.42. The number of hydrogen-bond acceptors (Lipinski definition) is 0. The van der Waals surface area contributed by atoms with Crippen LogP contribution >= 0.6 is 11.6 Å². The monoisotopic (exact) mass is 200 g/mol. The van der Waals surface area contributed by atoms with E-state index in [1.807, 2.05) is 30.3 Å². The molecule has 0 saturated carbocycles. The Bertz CT molecular complexity index is 407. The lowest BCUT2D eigenvalue weighted by molar-refractivity contribution is 1.65. The molecule has 68 valence electrons. The molecule has 0 unspecified atom stereocenters. The van der Waals surface area contributed by atoms with Gasteiger partial charge in [-0.15, -0.1) is 11.6 Å². The SMILES string of the molecule is ClC/C=C/C#CC#Cc1ccccc1.